The Balaban J connectivity index is 1.77. The van der Waals surface area contributed by atoms with Crippen LogP contribution in [0.3, 0.4) is 0 Å². The number of hydrogen-bond donors (Lipinski definition) is 1. The van der Waals surface area contributed by atoms with Crippen LogP contribution >= 0.6 is 11.6 Å². The number of methoxy groups -OCH3 is 1. The maximum absolute atomic E-state index is 11.6. The molecule has 0 aliphatic carbocycles. The molecule has 0 bridgehead atoms. The van der Waals surface area contributed by atoms with Crippen LogP contribution in [0.5, 0.6) is 0 Å². The summed E-state index contributed by atoms with van der Waals surface area (Å²) in [4.78, 5) is 22.7. The number of para-hydroxylation sites is 1. The molecule has 0 amide bonds. The Morgan fingerprint density at radius 1 is 1.43 bits per heavy atom. The highest BCUT2D eigenvalue weighted by Crippen LogP contribution is 2.20. The van der Waals surface area contributed by atoms with Gasteiger partial charge in [-0.2, -0.15) is 0 Å². The van der Waals surface area contributed by atoms with Crippen molar-refractivity contribution < 1.29 is 23.8 Å². The molecule has 6 nitrogen and oxygen atoms in total. The Bertz CT molecular complexity index is 572. The van der Waals surface area contributed by atoms with E-state index in [0.29, 0.717) is 16.5 Å². The third kappa shape index (κ3) is 4.13. The number of carbonyl (C=O) groups excluding carboxylic acids is 2. The van der Waals surface area contributed by atoms with Gasteiger partial charge < -0.3 is 19.5 Å². The van der Waals surface area contributed by atoms with E-state index in [0.717, 1.165) is 0 Å². The highest BCUT2D eigenvalue weighted by Gasteiger charge is 2.28. The third-order valence-corrected chi connectivity index (χ3v) is 3.09. The van der Waals surface area contributed by atoms with Gasteiger partial charge in [-0.05, 0) is 12.1 Å². The molecule has 1 atom stereocenters. The Morgan fingerprint density at radius 3 is 2.90 bits per heavy atom. The normalized spacial score (nSPS) is 17.0. The number of halogens is 1. The van der Waals surface area contributed by atoms with Crippen molar-refractivity contribution in [3.05, 3.63) is 41.1 Å². The van der Waals surface area contributed by atoms with Crippen LogP contribution < -0.4 is 5.32 Å². The van der Waals surface area contributed by atoms with E-state index in [1.54, 1.807) is 24.3 Å². The molecule has 0 spiro atoms. The highest BCUT2D eigenvalue weighted by molar-refractivity contribution is 6.33. The first kappa shape index (κ1) is 15.2. The van der Waals surface area contributed by atoms with Crippen molar-refractivity contribution in [2.75, 3.05) is 25.6 Å². The second-order valence-electron chi connectivity index (χ2n) is 4.19. The molecule has 1 heterocycles. The molecular weight excluding hydrogens is 298 g/mol. The van der Waals surface area contributed by atoms with E-state index in [2.05, 4.69) is 5.32 Å². The predicted octanol–water partition coefficient (Wildman–Crippen LogP) is 1.75. The second-order valence-corrected chi connectivity index (χ2v) is 4.60. The lowest BCUT2D eigenvalue weighted by Crippen LogP contribution is -2.25. The van der Waals surface area contributed by atoms with Gasteiger partial charge in [-0.3, -0.25) is 4.79 Å². The zero-order valence-electron chi connectivity index (χ0n) is 11.3. The zero-order valence-corrected chi connectivity index (χ0v) is 12.1. The fraction of sp³-hybridized carbons (Fsp3) is 0.286. The molecule has 7 heteroatoms. The van der Waals surface area contributed by atoms with Crippen molar-refractivity contribution >= 4 is 29.2 Å². The van der Waals surface area contributed by atoms with Crippen molar-refractivity contribution in [1.82, 2.24) is 0 Å². The predicted molar refractivity (Wildman–Crippen MR) is 75.9 cm³/mol. The first-order valence-corrected chi connectivity index (χ1v) is 6.58. The molecule has 0 fully saturated rings. The van der Waals surface area contributed by atoms with Crippen LogP contribution in [-0.2, 0) is 23.8 Å². The molecule has 1 N–H and O–H groups in total. The number of cyclic esters (lactones) is 1. The van der Waals surface area contributed by atoms with E-state index in [-0.39, 0.29) is 13.2 Å². The summed E-state index contributed by atoms with van der Waals surface area (Å²) in [6, 6.07) is 7.05. The van der Waals surface area contributed by atoms with Gasteiger partial charge in [0, 0.05) is 0 Å². The minimum absolute atomic E-state index is 0.0452. The Morgan fingerprint density at radius 2 is 2.19 bits per heavy atom. The molecule has 0 aromatic heterocycles. The van der Waals surface area contributed by atoms with Crippen molar-refractivity contribution in [3.8, 4) is 0 Å². The van der Waals surface area contributed by atoms with Crippen molar-refractivity contribution in [2.24, 2.45) is 0 Å². The van der Waals surface area contributed by atoms with Gasteiger partial charge in [0.15, 0.2) is 6.10 Å². The molecular formula is C14H14ClNO5. The smallest absolute Gasteiger partial charge is 0.335 e. The largest absolute Gasteiger partial charge is 0.497 e. The number of ether oxygens (including phenoxy) is 3. The molecule has 1 aliphatic rings. The van der Waals surface area contributed by atoms with E-state index < -0.39 is 18.0 Å². The number of esters is 2. The lowest BCUT2D eigenvalue weighted by Gasteiger charge is -2.14. The number of carbonyl (C=O) groups is 2. The number of anilines is 1. The van der Waals surface area contributed by atoms with Gasteiger partial charge in [0.1, 0.15) is 18.9 Å². The number of benzene rings is 1. The fourth-order valence-corrected chi connectivity index (χ4v) is 1.94. The lowest BCUT2D eigenvalue weighted by molar-refractivity contribution is -0.151. The van der Waals surface area contributed by atoms with Crippen molar-refractivity contribution in [2.45, 2.75) is 6.10 Å². The summed E-state index contributed by atoms with van der Waals surface area (Å²) >= 11 is 5.95. The minimum atomic E-state index is -0.688. The van der Waals surface area contributed by atoms with E-state index in [4.69, 9.17) is 25.8 Å². The van der Waals surface area contributed by atoms with Gasteiger partial charge in [0.05, 0.1) is 23.9 Å². The van der Waals surface area contributed by atoms with Gasteiger partial charge >= 0.3 is 11.9 Å². The summed E-state index contributed by atoms with van der Waals surface area (Å²) in [6.45, 7) is -0.134. The topological polar surface area (TPSA) is 73.9 Å². The van der Waals surface area contributed by atoms with Crippen molar-refractivity contribution in [1.29, 1.82) is 0 Å². The lowest BCUT2D eigenvalue weighted by atomic mass is 10.3. The third-order valence-electron chi connectivity index (χ3n) is 2.76. The first-order chi connectivity index (χ1) is 10.1. The maximum Gasteiger partial charge on any atom is 0.335 e. The molecule has 1 unspecified atom stereocenters. The Kier molecular flexibility index (Phi) is 5.05. The molecule has 21 heavy (non-hydrogen) atoms. The standard InChI is InChI=1S/C14H14ClNO5/c1-19-11-6-13(17)21-12(11)8-20-14(18)7-16-10-5-3-2-4-9(10)15/h2-6,12,16H,7-8H2,1H3. The zero-order chi connectivity index (χ0) is 15.2. The van der Waals surface area contributed by atoms with E-state index in [9.17, 15) is 9.59 Å². The number of hydrogen-bond acceptors (Lipinski definition) is 6. The average molecular weight is 312 g/mol. The summed E-state index contributed by atoms with van der Waals surface area (Å²) in [7, 11) is 1.42. The summed E-state index contributed by atoms with van der Waals surface area (Å²) in [5.41, 5.74) is 0.640. The van der Waals surface area contributed by atoms with Gasteiger partial charge in [-0.1, -0.05) is 23.7 Å². The average Bonchev–Trinajstić information content (AvgIpc) is 2.84. The van der Waals surface area contributed by atoms with Crippen LogP contribution in [0, 0.1) is 0 Å². The van der Waals surface area contributed by atoms with Gasteiger partial charge in [0.2, 0.25) is 0 Å². The summed E-state index contributed by atoms with van der Waals surface area (Å²) in [6.07, 6.45) is 0.535. The maximum atomic E-state index is 11.6. The van der Waals surface area contributed by atoms with Gasteiger partial charge in [-0.15, -0.1) is 0 Å². The number of rotatable bonds is 6. The van der Waals surface area contributed by atoms with Crippen LogP contribution in [0.1, 0.15) is 0 Å². The fourth-order valence-electron chi connectivity index (χ4n) is 1.74. The first-order valence-electron chi connectivity index (χ1n) is 6.20. The van der Waals surface area contributed by atoms with Crippen LogP contribution in [0.15, 0.2) is 36.1 Å². The van der Waals surface area contributed by atoms with Crippen LogP contribution in [0.4, 0.5) is 5.69 Å². The molecule has 1 aromatic carbocycles. The van der Waals surface area contributed by atoms with Crippen LogP contribution in [0.2, 0.25) is 5.02 Å². The van der Waals surface area contributed by atoms with E-state index >= 15 is 0 Å². The van der Waals surface area contributed by atoms with Crippen LogP contribution in [0.25, 0.3) is 0 Å². The minimum Gasteiger partial charge on any atom is -0.497 e. The molecule has 2 rings (SSSR count). The summed E-state index contributed by atoms with van der Waals surface area (Å²) in [5, 5.41) is 3.38. The molecule has 1 aliphatic heterocycles. The van der Waals surface area contributed by atoms with Gasteiger partial charge in [-0.25, -0.2) is 4.79 Å². The SMILES string of the molecule is COC1=CC(=O)OC1COC(=O)CNc1ccccc1Cl. The Labute approximate surface area is 126 Å². The van der Waals surface area contributed by atoms with Crippen LogP contribution in [-0.4, -0.2) is 38.3 Å². The highest BCUT2D eigenvalue weighted by atomic mass is 35.5. The van der Waals surface area contributed by atoms with E-state index in [1.807, 2.05) is 0 Å². The molecule has 1 aromatic rings. The van der Waals surface area contributed by atoms with Crippen molar-refractivity contribution in [3.63, 3.8) is 0 Å². The molecule has 0 radical (unpaired) electrons. The summed E-state index contributed by atoms with van der Waals surface area (Å²) < 4.78 is 14.9. The summed E-state index contributed by atoms with van der Waals surface area (Å²) in [5.74, 6) is -0.665. The molecule has 0 saturated heterocycles. The van der Waals surface area contributed by atoms with E-state index in [1.165, 1.54) is 13.2 Å². The quantitative estimate of drug-likeness (QED) is 0.807. The number of nitrogens with one attached hydrogen (secondary N) is 1. The monoisotopic (exact) mass is 311 g/mol. The molecule has 112 valence electrons. The second kappa shape index (κ2) is 6.99. The van der Waals surface area contributed by atoms with Gasteiger partial charge in [0.25, 0.3) is 0 Å². The molecule has 0 saturated carbocycles. The Hall–Kier alpha value is -2.21.